The van der Waals surface area contributed by atoms with E-state index >= 15 is 0 Å². The van der Waals surface area contributed by atoms with Crippen LogP contribution < -0.4 is 10.1 Å². The first kappa shape index (κ1) is 10.5. The molecule has 0 radical (unpaired) electrons. The van der Waals surface area contributed by atoms with E-state index < -0.39 is 0 Å². The molecule has 2 heteroatoms. The number of methoxy groups -OCH3 is 1. The fourth-order valence-corrected chi connectivity index (χ4v) is 2.63. The summed E-state index contributed by atoms with van der Waals surface area (Å²) in [5.41, 5.74) is 2.73. The Morgan fingerprint density at radius 2 is 2.20 bits per heavy atom. The fraction of sp³-hybridized carbons (Fsp3) is 0.538. The van der Waals surface area contributed by atoms with Gasteiger partial charge in [-0.2, -0.15) is 0 Å². The molecule has 1 aromatic carbocycles. The third kappa shape index (κ3) is 1.74. The number of aryl methyl sites for hydroxylation is 1. The molecule has 1 fully saturated rings. The van der Waals surface area contributed by atoms with E-state index in [4.69, 9.17) is 4.74 Å². The van der Waals surface area contributed by atoms with Crippen molar-refractivity contribution in [2.24, 2.45) is 0 Å². The highest BCUT2D eigenvalue weighted by atomic mass is 16.5. The molecule has 2 rings (SSSR count). The van der Waals surface area contributed by atoms with Gasteiger partial charge in [-0.3, -0.25) is 0 Å². The zero-order valence-corrected chi connectivity index (χ0v) is 9.76. The van der Waals surface area contributed by atoms with Crippen molar-refractivity contribution < 1.29 is 4.74 Å². The van der Waals surface area contributed by atoms with Gasteiger partial charge in [0.15, 0.2) is 0 Å². The minimum absolute atomic E-state index is 0.0939. The van der Waals surface area contributed by atoms with Crippen LogP contribution in [0.2, 0.25) is 0 Å². The van der Waals surface area contributed by atoms with E-state index in [2.05, 4.69) is 31.3 Å². The lowest BCUT2D eigenvalue weighted by Crippen LogP contribution is -2.34. The summed E-state index contributed by atoms with van der Waals surface area (Å²) in [6, 6.07) is 6.26. The summed E-state index contributed by atoms with van der Waals surface area (Å²) in [6.07, 6.45) is 2.43. The zero-order valence-electron chi connectivity index (χ0n) is 9.76. The van der Waals surface area contributed by atoms with Crippen LogP contribution in [0, 0.1) is 6.92 Å². The molecule has 1 aliphatic heterocycles. The minimum atomic E-state index is 0.0939. The van der Waals surface area contributed by atoms with Crippen molar-refractivity contribution in [2.75, 3.05) is 13.7 Å². The molecule has 1 unspecified atom stereocenters. The molecule has 82 valence electrons. The van der Waals surface area contributed by atoms with Crippen molar-refractivity contribution in [3.8, 4) is 5.75 Å². The Morgan fingerprint density at radius 3 is 2.80 bits per heavy atom. The third-order valence-corrected chi connectivity index (χ3v) is 3.37. The van der Waals surface area contributed by atoms with E-state index in [1.807, 2.05) is 6.07 Å². The van der Waals surface area contributed by atoms with Gasteiger partial charge in [0.1, 0.15) is 5.75 Å². The maximum Gasteiger partial charge on any atom is 0.124 e. The minimum Gasteiger partial charge on any atom is -0.496 e. The molecular weight excluding hydrogens is 186 g/mol. The van der Waals surface area contributed by atoms with Crippen molar-refractivity contribution in [3.05, 3.63) is 29.3 Å². The Hall–Kier alpha value is -1.02. The van der Waals surface area contributed by atoms with E-state index in [0.29, 0.717) is 0 Å². The summed E-state index contributed by atoms with van der Waals surface area (Å²) in [5.74, 6) is 1.01. The Morgan fingerprint density at radius 1 is 1.40 bits per heavy atom. The lowest BCUT2D eigenvalue weighted by Gasteiger charge is -2.28. The highest BCUT2D eigenvalue weighted by Gasteiger charge is 2.33. The zero-order chi connectivity index (χ0) is 10.9. The first-order valence-electron chi connectivity index (χ1n) is 5.56. The lowest BCUT2D eigenvalue weighted by atomic mass is 9.86. The standard InChI is InChI=1S/C13H19NO/c1-10-6-4-7-11(15-3)12(10)13(2)8-5-9-14-13/h4,6-7,14H,5,8-9H2,1-3H3. The van der Waals surface area contributed by atoms with Gasteiger partial charge in [0.25, 0.3) is 0 Å². The average Bonchev–Trinajstić information content (AvgIpc) is 2.65. The monoisotopic (exact) mass is 205 g/mol. The molecule has 1 aromatic rings. The number of hydrogen-bond acceptors (Lipinski definition) is 2. The van der Waals surface area contributed by atoms with E-state index in [9.17, 15) is 0 Å². The van der Waals surface area contributed by atoms with E-state index in [1.54, 1.807) is 7.11 Å². The summed E-state index contributed by atoms with van der Waals surface area (Å²) >= 11 is 0. The number of benzene rings is 1. The molecule has 15 heavy (non-hydrogen) atoms. The highest BCUT2D eigenvalue weighted by molar-refractivity contribution is 5.45. The largest absolute Gasteiger partial charge is 0.496 e. The molecular formula is C13H19NO. The first-order valence-corrected chi connectivity index (χ1v) is 5.56. The molecule has 2 nitrogen and oxygen atoms in total. The number of ether oxygens (including phenoxy) is 1. The number of rotatable bonds is 2. The first-order chi connectivity index (χ1) is 7.17. The Balaban J connectivity index is 2.49. The van der Waals surface area contributed by atoms with Gasteiger partial charge in [-0.15, -0.1) is 0 Å². The van der Waals surface area contributed by atoms with E-state index in [1.165, 1.54) is 24.0 Å². The normalized spacial score (nSPS) is 25.5. The van der Waals surface area contributed by atoms with Crippen LogP contribution in [0.1, 0.15) is 30.9 Å². The van der Waals surface area contributed by atoms with E-state index in [0.717, 1.165) is 12.3 Å². The predicted octanol–water partition coefficient (Wildman–Crippen LogP) is 2.60. The molecule has 0 aromatic heterocycles. The van der Waals surface area contributed by atoms with Gasteiger partial charge < -0.3 is 10.1 Å². The van der Waals surface area contributed by atoms with Gasteiger partial charge >= 0.3 is 0 Å². The highest BCUT2D eigenvalue weighted by Crippen LogP contribution is 2.38. The molecule has 1 heterocycles. The molecule has 1 N–H and O–H groups in total. The molecule has 0 bridgehead atoms. The maximum atomic E-state index is 5.46. The Labute approximate surface area is 91.6 Å². The summed E-state index contributed by atoms with van der Waals surface area (Å²) in [6.45, 7) is 5.53. The third-order valence-electron chi connectivity index (χ3n) is 3.37. The SMILES string of the molecule is COc1cccc(C)c1C1(C)CCCN1. The summed E-state index contributed by atoms with van der Waals surface area (Å²) in [4.78, 5) is 0. The summed E-state index contributed by atoms with van der Waals surface area (Å²) < 4.78 is 5.46. The second kappa shape index (κ2) is 3.86. The van der Waals surface area contributed by atoms with Crippen LogP contribution >= 0.6 is 0 Å². The van der Waals surface area contributed by atoms with Crippen molar-refractivity contribution in [1.29, 1.82) is 0 Å². The second-order valence-electron chi connectivity index (χ2n) is 4.51. The molecule has 0 saturated carbocycles. The van der Waals surface area contributed by atoms with Gasteiger partial charge in [-0.05, 0) is 44.9 Å². The molecule has 0 aliphatic carbocycles. The van der Waals surface area contributed by atoms with E-state index in [-0.39, 0.29) is 5.54 Å². The van der Waals surface area contributed by atoms with Gasteiger partial charge in [0, 0.05) is 11.1 Å². The van der Waals surface area contributed by atoms with Gasteiger partial charge in [-0.25, -0.2) is 0 Å². The van der Waals surface area contributed by atoms with Crippen LogP contribution in [-0.4, -0.2) is 13.7 Å². The Bertz CT molecular complexity index is 354. The molecule has 1 aliphatic rings. The van der Waals surface area contributed by atoms with Gasteiger partial charge in [0.05, 0.1) is 7.11 Å². The smallest absolute Gasteiger partial charge is 0.124 e. The van der Waals surface area contributed by atoms with Crippen molar-refractivity contribution in [1.82, 2.24) is 5.32 Å². The van der Waals surface area contributed by atoms with Gasteiger partial charge in [0.2, 0.25) is 0 Å². The number of nitrogens with one attached hydrogen (secondary N) is 1. The van der Waals surface area contributed by atoms with Crippen LogP contribution in [-0.2, 0) is 5.54 Å². The van der Waals surface area contributed by atoms with Crippen molar-refractivity contribution in [3.63, 3.8) is 0 Å². The molecule has 1 atom stereocenters. The maximum absolute atomic E-state index is 5.46. The second-order valence-corrected chi connectivity index (χ2v) is 4.51. The van der Waals surface area contributed by atoms with Crippen LogP contribution in [0.25, 0.3) is 0 Å². The molecule has 0 spiro atoms. The molecule has 1 saturated heterocycles. The van der Waals surface area contributed by atoms with Gasteiger partial charge in [-0.1, -0.05) is 12.1 Å². The van der Waals surface area contributed by atoms with Crippen molar-refractivity contribution in [2.45, 2.75) is 32.2 Å². The van der Waals surface area contributed by atoms with Crippen LogP contribution in [0.4, 0.5) is 0 Å². The topological polar surface area (TPSA) is 21.3 Å². The van der Waals surface area contributed by atoms with Crippen molar-refractivity contribution >= 4 is 0 Å². The molecule has 0 amide bonds. The quantitative estimate of drug-likeness (QED) is 0.801. The van der Waals surface area contributed by atoms with Crippen LogP contribution in [0.3, 0.4) is 0 Å². The lowest BCUT2D eigenvalue weighted by molar-refractivity contribution is 0.369. The summed E-state index contributed by atoms with van der Waals surface area (Å²) in [5, 5.41) is 3.58. The predicted molar refractivity (Wildman–Crippen MR) is 62.3 cm³/mol. The van der Waals surface area contributed by atoms with Crippen LogP contribution in [0.15, 0.2) is 18.2 Å². The summed E-state index contributed by atoms with van der Waals surface area (Å²) in [7, 11) is 1.75. The van der Waals surface area contributed by atoms with Crippen LogP contribution in [0.5, 0.6) is 5.75 Å². The average molecular weight is 205 g/mol. The Kier molecular flexibility index (Phi) is 2.70. The number of hydrogen-bond donors (Lipinski definition) is 1. The fourth-order valence-electron chi connectivity index (χ4n) is 2.63.